The van der Waals surface area contributed by atoms with E-state index < -0.39 is 8.32 Å². The van der Waals surface area contributed by atoms with Crippen LogP contribution in [0.2, 0.25) is 18.1 Å². The van der Waals surface area contributed by atoms with Crippen LogP contribution < -0.4 is 0 Å². The number of aliphatic hydroxyl groups is 1. The predicted octanol–water partition coefficient (Wildman–Crippen LogP) is 6.13. The normalized spacial score (nSPS) is 48.4. The molecule has 5 aliphatic rings. The van der Waals surface area contributed by atoms with E-state index in [1.807, 2.05) is 0 Å². The number of fused-ring (bicyclic) bond motifs is 6. The van der Waals surface area contributed by atoms with Crippen molar-refractivity contribution in [3.8, 4) is 0 Å². The van der Waals surface area contributed by atoms with Crippen LogP contribution in [0.3, 0.4) is 0 Å². The summed E-state index contributed by atoms with van der Waals surface area (Å²) < 4.78 is 19.5. The number of aliphatic hydroxyl groups excluding tert-OH is 1. The third-order valence-corrected chi connectivity index (χ3v) is 16.2. The Morgan fingerprint density at radius 2 is 1.53 bits per heavy atom. The van der Waals surface area contributed by atoms with Crippen LogP contribution in [0.25, 0.3) is 0 Å². The van der Waals surface area contributed by atoms with Gasteiger partial charge < -0.3 is 19.0 Å². The number of hydrogen-bond acceptors (Lipinski definition) is 4. The minimum absolute atomic E-state index is 0.107. The molecule has 1 saturated heterocycles. The molecule has 1 aliphatic heterocycles. The van der Waals surface area contributed by atoms with Crippen molar-refractivity contribution in [2.24, 2.45) is 34.5 Å². The van der Waals surface area contributed by atoms with Crippen LogP contribution in [0.5, 0.6) is 0 Å². The summed E-state index contributed by atoms with van der Waals surface area (Å²) in [5, 5.41) is 11.8. The second-order valence-electron chi connectivity index (χ2n) is 14.0. The van der Waals surface area contributed by atoms with Gasteiger partial charge in [0.05, 0.1) is 19.3 Å². The second-order valence-corrected chi connectivity index (χ2v) is 18.8. The highest BCUT2D eigenvalue weighted by Crippen LogP contribution is 2.69. The Morgan fingerprint density at radius 3 is 2.19 bits per heavy atom. The van der Waals surface area contributed by atoms with Crippen molar-refractivity contribution in [3.63, 3.8) is 0 Å². The van der Waals surface area contributed by atoms with E-state index in [-0.39, 0.29) is 27.8 Å². The van der Waals surface area contributed by atoms with Crippen LogP contribution >= 0.6 is 0 Å². The zero-order valence-electron chi connectivity index (χ0n) is 21.7. The van der Waals surface area contributed by atoms with Gasteiger partial charge in [-0.05, 0) is 92.2 Å². The van der Waals surface area contributed by atoms with Crippen molar-refractivity contribution >= 4 is 8.32 Å². The molecule has 0 aromatic heterocycles. The molecule has 4 aliphatic carbocycles. The minimum Gasteiger partial charge on any atom is -0.414 e. The maximum Gasteiger partial charge on any atom is 0.192 e. The molecule has 184 valence electrons. The number of ether oxygens (including phenoxy) is 2. The third kappa shape index (κ3) is 3.27. The predicted molar refractivity (Wildman–Crippen MR) is 130 cm³/mol. The summed E-state index contributed by atoms with van der Waals surface area (Å²) in [4.78, 5) is 0. The largest absolute Gasteiger partial charge is 0.414 e. The first-order valence-electron chi connectivity index (χ1n) is 13.5. The first kappa shape index (κ1) is 23.8. The molecule has 8 atom stereocenters. The summed E-state index contributed by atoms with van der Waals surface area (Å²) in [5.74, 6) is 1.98. The average molecular weight is 465 g/mol. The first-order chi connectivity index (χ1) is 14.8. The highest BCUT2D eigenvalue weighted by atomic mass is 28.4. The van der Waals surface area contributed by atoms with Crippen LogP contribution in [0.4, 0.5) is 0 Å². The molecule has 5 heteroatoms. The van der Waals surface area contributed by atoms with Gasteiger partial charge in [0.15, 0.2) is 14.1 Å². The summed E-state index contributed by atoms with van der Waals surface area (Å²) in [5.41, 5.74) is 0.348. The molecule has 32 heavy (non-hydrogen) atoms. The SMILES string of the molecule is CC(C)(C)[Si](C)(C)O[C@H]1CC[C@@]2(C)[C@H](C1)C(O)C[C@@H]1[C@@H]2CC[C@@]2(C)[C@H]1CCC21OCCO1. The van der Waals surface area contributed by atoms with Crippen molar-refractivity contribution in [2.45, 2.75) is 122 Å². The summed E-state index contributed by atoms with van der Waals surface area (Å²) in [6.07, 6.45) is 9.21. The Balaban J connectivity index is 1.35. The zero-order valence-corrected chi connectivity index (χ0v) is 22.7. The van der Waals surface area contributed by atoms with E-state index in [9.17, 15) is 5.11 Å². The van der Waals surface area contributed by atoms with Gasteiger partial charge in [0.2, 0.25) is 0 Å². The van der Waals surface area contributed by atoms with Crippen LogP contribution in [0.1, 0.15) is 86.0 Å². The third-order valence-electron chi connectivity index (χ3n) is 11.7. The van der Waals surface area contributed by atoms with Crippen molar-refractivity contribution in [3.05, 3.63) is 0 Å². The lowest BCUT2D eigenvalue weighted by atomic mass is 9.44. The molecule has 0 aromatic rings. The van der Waals surface area contributed by atoms with E-state index in [2.05, 4.69) is 47.7 Å². The van der Waals surface area contributed by atoms with Gasteiger partial charge in [0.1, 0.15) is 0 Å². The molecule has 0 amide bonds. The maximum absolute atomic E-state index is 11.5. The molecule has 1 spiro atoms. The van der Waals surface area contributed by atoms with Crippen molar-refractivity contribution in [1.29, 1.82) is 0 Å². The Labute approximate surface area is 197 Å². The van der Waals surface area contributed by atoms with Gasteiger partial charge in [-0.3, -0.25) is 0 Å². The Bertz CT molecular complexity index is 726. The van der Waals surface area contributed by atoms with E-state index in [1.54, 1.807) is 0 Å². The highest BCUT2D eigenvalue weighted by Gasteiger charge is 2.68. The molecule has 0 bridgehead atoms. The van der Waals surface area contributed by atoms with Crippen LogP contribution in [0.15, 0.2) is 0 Å². The van der Waals surface area contributed by atoms with Crippen molar-refractivity contribution in [1.82, 2.24) is 0 Å². The summed E-state index contributed by atoms with van der Waals surface area (Å²) in [6.45, 7) is 18.2. The van der Waals surface area contributed by atoms with Gasteiger partial charge in [-0.25, -0.2) is 0 Å². The standard InChI is InChI=1S/C27H48O4Si/c1-24(2,3)32(6,7)31-18-8-11-25(4)20-9-12-26(5)21(10-13-27(26)29-14-15-30-27)19(20)17-23(28)22(25)16-18/h18-23,28H,8-17H2,1-7H3/t18-,19+,20-,21-,22+,23?,25+,26-/m0/s1. The lowest BCUT2D eigenvalue weighted by Gasteiger charge is -2.63. The summed E-state index contributed by atoms with van der Waals surface area (Å²) in [6, 6.07) is 0. The summed E-state index contributed by atoms with van der Waals surface area (Å²) in [7, 11) is -1.79. The molecule has 0 aromatic carbocycles. The smallest absolute Gasteiger partial charge is 0.192 e. The van der Waals surface area contributed by atoms with E-state index in [4.69, 9.17) is 13.9 Å². The number of rotatable bonds is 2. The topological polar surface area (TPSA) is 47.9 Å². The molecule has 5 rings (SSSR count). The maximum atomic E-state index is 11.5. The van der Waals surface area contributed by atoms with Gasteiger partial charge in [0.25, 0.3) is 0 Å². The van der Waals surface area contributed by atoms with Gasteiger partial charge in [-0.15, -0.1) is 0 Å². The van der Waals surface area contributed by atoms with E-state index >= 15 is 0 Å². The van der Waals surface area contributed by atoms with Gasteiger partial charge >= 0.3 is 0 Å². The molecule has 4 saturated carbocycles. The highest BCUT2D eigenvalue weighted by molar-refractivity contribution is 6.74. The molecule has 4 nitrogen and oxygen atoms in total. The molecule has 1 N–H and O–H groups in total. The lowest BCUT2D eigenvalue weighted by molar-refractivity contribution is -0.253. The second kappa shape index (κ2) is 7.53. The van der Waals surface area contributed by atoms with E-state index in [0.29, 0.717) is 23.9 Å². The zero-order chi connectivity index (χ0) is 23.2. The fourth-order valence-corrected chi connectivity index (χ4v) is 10.2. The minimum atomic E-state index is -1.79. The van der Waals surface area contributed by atoms with Crippen molar-refractivity contribution < 1.29 is 19.0 Å². The quantitative estimate of drug-likeness (QED) is 0.499. The van der Waals surface area contributed by atoms with Crippen LogP contribution in [0, 0.1) is 34.5 Å². The number of hydrogen-bond donors (Lipinski definition) is 1. The van der Waals surface area contributed by atoms with Gasteiger partial charge in [-0.1, -0.05) is 34.6 Å². The first-order valence-corrected chi connectivity index (χ1v) is 16.4. The fourth-order valence-electron chi connectivity index (χ4n) is 8.85. The van der Waals surface area contributed by atoms with Crippen LogP contribution in [-0.4, -0.2) is 44.6 Å². The molecule has 5 fully saturated rings. The molecule has 1 unspecified atom stereocenters. The monoisotopic (exact) mass is 464 g/mol. The van der Waals surface area contributed by atoms with Crippen molar-refractivity contribution in [2.75, 3.05) is 13.2 Å². The van der Waals surface area contributed by atoms with E-state index in [1.165, 1.54) is 25.7 Å². The van der Waals surface area contributed by atoms with E-state index in [0.717, 1.165) is 44.8 Å². The molecule has 1 heterocycles. The molecule has 0 radical (unpaired) electrons. The molecular weight excluding hydrogens is 416 g/mol. The van der Waals surface area contributed by atoms with Crippen LogP contribution in [-0.2, 0) is 13.9 Å². The Hall–Kier alpha value is 0.0569. The Kier molecular flexibility index (Phi) is 5.59. The van der Waals surface area contributed by atoms with Gasteiger partial charge in [-0.2, -0.15) is 0 Å². The Morgan fingerprint density at radius 1 is 0.875 bits per heavy atom. The molecular formula is C27H48O4Si. The fraction of sp³-hybridized carbons (Fsp3) is 1.00. The van der Waals surface area contributed by atoms with Gasteiger partial charge in [0, 0.05) is 17.9 Å². The summed E-state index contributed by atoms with van der Waals surface area (Å²) >= 11 is 0. The lowest BCUT2D eigenvalue weighted by Crippen LogP contribution is -2.60. The average Bonchev–Trinajstić information content (AvgIpc) is 3.28.